The van der Waals surface area contributed by atoms with E-state index in [1.165, 1.54) is 11.3 Å². The molecule has 0 aromatic carbocycles. The minimum absolute atomic E-state index is 0.00524. The minimum atomic E-state index is -3.38. The van der Waals surface area contributed by atoms with Crippen LogP contribution in [-0.4, -0.2) is 32.5 Å². The van der Waals surface area contributed by atoms with Gasteiger partial charge < -0.3 is 5.32 Å². The molecular weight excluding hydrogens is 312 g/mol. The third kappa shape index (κ3) is 5.73. The van der Waals surface area contributed by atoms with E-state index in [0.29, 0.717) is 16.8 Å². The molecule has 2 N–H and O–H groups in total. The Morgan fingerprint density at radius 1 is 1.40 bits per heavy atom. The first-order chi connectivity index (χ1) is 9.39. The molecule has 0 amide bonds. The summed E-state index contributed by atoms with van der Waals surface area (Å²) in [7, 11) is -3.38. The van der Waals surface area contributed by atoms with Gasteiger partial charge in [-0.25, -0.2) is 13.1 Å². The van der Waals surface area contributed by atoms with Crippen LogP contribution in [0.15, 0.2) is 15.7 Å². The zero-order valence-corrected chi connectivity index (χ0v) is 14.9. The Bertz CT molecular complexity index is 497. The van der Waals surface area contributed by atoms with Gasteiger partial charge in [0.1, 0.15) is 4.21 Å². The van der Waals surface area contributed by atoms with E-state index in [9.17, 15) is 8.42 Å². The highest BCUT2D eigenvalue weighted by atomic mass is 32.2. The maximum atomic E-state index is 12.3. The summed E-state index contributed by atoms with van der Waals surface area (Å²) >= 11 is 2.93. The van der Waals surface area contributed by atoms with Gasteiger partial charge in [0.15, 0.2) is 0 Å². The van der Waals surface area contributed by atoms with Crippen LogP contribution in [0.4, 0.5) is 0 Å². The average Bonchev–Trinajstić information content (AvgIpc) is 2.85. The van der Waals surface area contributed by atoms with Crippen molar-refractivity contribution in [2.75, 3.05) is 12.0 Å². The lowest BCUT2D eigenvalue weighted by Gasteiger charge is -2.14. The first-order valence-corrected chi connectivity index (χ1v) is 10.5. The van der Waals surface area contributed by atoms with Crippen LogP contribution in [0.5, 0.6) is 0 Å². The van der Waals surface area contributed by atoms with Gasteiger partial charge in [-0.15, -0.1) is 11.3 Å². The third-order valence-electron chi connectivity index (χ3n) is 2.79. The van der Waals surface area contributed by atoms with Crippen LogP contribution in [0, 0.1) is 0 Å². The molecule has 116 valence electrons. The fourth-order valence-corrected chi connectivity index (χ4v) is 4.99. The number of hydrogen-bond donors (Lipinski definition) is 2. The van der Waals surface area contributed by atoms with Gasteiger partial charge in [0.2, 0.25) is 10.0 Å². The predicted octanol–water partition coefficient (Wildman–Crippen LogP) is 2.67. The maximum Gasteiger partial charge on any atom is 0.250 e. The number of sulfonamides is 1. The van der Waals surface area contributed by atoms with Crippen molar-refractivity contribution in [3.05, 3.63) is 17.0 Å². The van der Waals surface area contributed by atoms with Gasteiger partial charge >= 0.3 is 0 Å². The lowest BCUT2D eigenvalue weighted by molar-refractivity contribution is 0.560. The monoisotopic (exact) mass is 336 g/mol. The normalized spacial score (nSPS) is 13.8. The van der Waals surface area contributed by atoms with E-state index in [1.807, 2.05) is 18.6 Å². The van der Waals surface area contributed by atoms with Crippen molar-refractivity contribution in [2.24, 2.45) is 0 Å². The zero-order chi connectivity index (χ0) is 15.2. The highest BCUT2D eigenvalue weighted by Crippen LogP contribution is 2.21. The molecular formula is C13H24N2O2S3. The Labute approximate surface area is 130 Å². The second-order valence-corrected chi connectivity index (χ2v) is 8.75. The van der Waals surface area contributed by atoms with Crippen molar-refractivity contribution >= 4 is 33.1 Å². The minimum Gasteiger partial charge on any atom is -0.310 e. The van der Waals surface area contributed by atoms with E-state index in [0.717, 1.165) is 17.7 Å². The van der Waals surface area contributed by atoms with Gasteiger partial charge in [-0.1, -0.05) is 20.8 Å². The molecule has 4 nitrogen and oxygen atoms in total. The summed E-state index contributed by atoms with van der Waals surface area (Å²) in [5, 5.41) is 5.19. The molecule has 0 aliphatic carbocycles. The number of rotatable bonds is 9. The van der Waals surface area contributed by atoms with Crippen molar-refractivity contribution in [1.82, 2.24) is 10.0 Å². The Morgan fingerprint density at radius 3 is 2.65 bits per heavy atom. The van der Waals surface area contributed by atoms with Crippen LogP contribution < -0.4 is 10.0 Å². The molecule has 0 saturated heterocycles. The van der Waals surface area contributed by atoms with E-state index < -0.39 is 10.0 Å². The van der Waals surface area contributed by atoms with E-state index >= 15 is 0 Å². The van der Waals surface area contributed by atoms with Gasteiger partial charge in [-0.2, -0.15) is 11.8 Å². The number of thiophene rings is 1. The molecule has 7 heteroatoms. The number of hydrogen-bond acceptors (Lipinski definition) is 5. The molecule has 0 spiro atoms. The van der Waals surface area contributed by atoms with Gasteiger partial charge in [-0.05, 0) is 29.7 Å². The Morgan fingerprint density at radius 2 is 2.10 bits per heavy atom. The summed E-state index contributed by atoms with van der Waals surface area (Å²) in [4.78, 5) is 0. The summed E-state index contributed by atoms with van der Waals surface area (Å²) in [6.07, 6.45) is 2.78. The summed E-state index contributed by atoms with van der Waals surface area (Å²) in [5.41, 5.74) is 1.02. The summed E-state index contributed by atoms with van der Waals surface area (Å²) in [6.45, 7) is 6.83. The summed E-state index contributed by atoms with van der Waals surface area (Å²) < 4.78 is 27.8. The van der Waals surface area contributed by atoms with Crippen LogP contribution in [0.3, 0.4) is 0 Å². The molecule has 1 atom stereocenters. The van der Waals surface area contributed by atoms with Crippen LogP contribution in [-0.2, 0) is 16.6 Å². The SMILES string of the molecule is CCC(CSC)NS(=O)(=O)c1cc(CNC(C)C)cs1. The van der Waals surface area contributed by atoms with E-state index in [2.05, 4.69) is 23.9 Å². The lowest BCUT2D eigenvalue weighted by Crippen LogP contribution is -2.35. The number of thioether (sulfide) groups is 1. The Kier molecular flexibility index (Phi) is 7.53. The van der Waals surface area contributed by atoms with Gasteiger partial charge in [0.25, 0.3) is 0 Å². The van der Waals surface area contributed by atoms with Crippen molar-refractivity contribution in [2.45, 2.75) is 50.0 Å². The Hall–Kier alpha value is -0.0800. The first kappa shape index (κ1) is 18.0. The molecule has 20 heavy (non-hydrogen) atoms. The molecule has 0 radical (unpaired) electrons. The Balaban J connectivity index is 2.72. The van der Waals surface area contributed by atoms with E-state index in [4.69, 9.17) is 0 Å². The quantitative estimate of drug-likeness (QED) is 0.728. The smallest absolute Gasteiger partial charge is 0.250 e. The molecule has 1 aromatic rings. The van der Waals surface area contributed by atoms with Gasteiger partial charge in [0.05, 0.1) is 0 Å². The molecule has 1 rings (SSSR count). The molecule has 1 aromatic heterocycles. The van der Waals surface area contributed by atoms with Crippen LogP contribution in [0.2, 0.25) is 0 Å². The van der Waals surface area contributed by atoms with Crippen molar-refractivity contribution in [1.29, 1.82) is 0 Å². The standard InChI is InChI=1S/C13H24N2O2S3/c1-5-12(9-18-4)15-20(16,17)13-6-11(8-19-13)7-14-10(2)3/h6,8,10,12,14-15H,5,7,9H2,1-4H3. The summed E-state index contributed by atoms with van der Waals surface area (Å²) in [6, 6.07) is 2.14. The van der Waals surface area contributed by atoms with Crippen LogP contribution in [0.1, 0.15) is 32.8 Å². The van der Waals surface area contributed by atoms with Crippen LogP contribution in [0.25, 0.3) is 0 Å². The van der Waals surface area contributed by atoms with Gasteiger partial charge in [0, 0.05) is 24.4 Å². The van der Waals surface area contributed by atoms with Crippen LogP contribution >= 0.6 is 23.1 Å². The zero-order valence-electron chi connectivity index (χ0n) is 12.5. The fourth-order valence-electron chi connectivity index (χ4n) is 1.62. The molecule has 0 aliphatic heterocycles. The average molecular weight is 337 g/mol. The van der Waals surface area contributed by atoms with Gasteiger partial charge in [-0.3, -0.25) is 0 Å². The van der Waals surface area contributed by atoms with E-state index in [-0.39, 0.29) is 6.04 Å². The van der Waals surface area contributed by atoms with E-state index in [1.54, 1.807) is 17.8 Å². The third-order valence-corrected chi connectivity index (χ3v) is 6.54. The molecule has 0 saturated carbocycles. The lowest BCUT2D eigenvalue weighted by atomic mass is 10.3. The molecule has 1 heterocycles. The highest BCUT2D eigenvalue weighted by molar-refractivity contribution is 7.98. The second kappa shape index (κ2) is 8.38. The second-order valence-electron chi connectivity index (χ2n) is 4.99. The topological polar surface area (TPSA) is 58.2 Å². The van der Waals surface area contributed by atoms with Crippen molar-refractivity contribution in [3.63, 3.8) is 0 Å². The largest absolute Gasteiger partial charge is 0.310 e. The molecule has 0 aliphatic rings. The molecule has 0 bridgehead atoms. The first-order valence-electron chi connectivity index (χ1n) is 6.71. The molecule has 0 fully saturated rings. The predicted molar refractivity (Wildman–Crippen MR) is 89.1 cm³/mol. The van der Waals surface area contributed by atoms with Crippen molar-refractivity contribution in [3.8, 4) is 0 Å². The van der Waals surface area contributed by atoms with Crippen molar-refractivity contribution < 1.29 is 8.42 Å². The number of nitrogens with one attached hydrogen (secondary N) is 2. The fraction of sp³-hybridized carbons (Fsp3) is 0.692. The highest BCUT2D eigenvalue weighted by Gasteiger charge is 2.20. The summed E-state index contributed by atoms with van der Waals surface area (Å²) in [5.74, 6) is 0.795. The molecule has 1 unspecified atom stereocenters. The maximum absolute atomic E-state index is 12.3.